The lowest BCUT2D eigenvalue weighted by Crippen LogP contribution is -2.10. The molecule has 2 aromatic rings. The predicted octanol–water partition coefficient (Wildman–Crippen LogP) is 2.67. The maximum Gasteiger partial charge on any atom is 0.143 e. The number of aryl methyl sites for hydroxylation is 2. The first-order valence-corrected chi connectivity index (χ1v) is 6.67. The molecule has 0 amide bonds. The maximum atomic E-state index is 5.37. The number of thioether (sulfide) groups is 1. The number of nitrogen functional groups attached to an aromatic ring is 1. The van der Waals surface area contributed by atoms with Crippen LogP contribution in [0.25, 0.3) is 0 Å². The summed E-state index contributed by atoms with van der Waals surface area (Å²) < 4.78 is 0. The lowest BCUT2D eigenvalue weighted by molar-refractivity contribution is 0.990. The standard InChI is InChI=1S/C13H16N4S/c1-9-5-3-4-6-11(9)18-8-13-15-10(2)7-12(16-13)17-14/h3-7H,8,14H2,1-2H3,(H,15,16,17). The molecular formula is C13H16N4S. The van der Waals surface area contributed by atoms with E-state index in [0.717, 1.165) is 17.3 Å². The highest BCUT2D eigenvalue weighted by atomic mass is 32.2. The van der Waals surface area contributed by atoms with Crippen molar-refractivity contribution in [1.29, 1.82) is 0 Å². The van der Waals surface area contributed by atoms with Gasteiger partial charge in [0.25, 0.3) is 0 Å². The van der Waals surface area contributed by atoms with Gasteiger partial charge < -0.3 is 5.43 Å². The molecule has 0 aliphatic rings. The van der Waals surface area contributed by atoms with Crippen molar-refractivity contribution < 1.29 is 0 Å². The molecule has 1 heterocycles. The van der Waals surface area contributed by atoms with Crippen molar-refractivity contribution in [3.05, 3.63) is 47.4 Å². The molecule has 0 fully saturated rings. The van der Waals surface area contributed by atoms with Gasteiger partial charge in [-0.05, 0) is 25.5 Å². The van der Waals surface area contributed by atoms with Crippen LogP contribution < -0.4 is 11.3 Å². The quantitative estimate of drug-likeness (QED) is 0.502. The highest BCUT2D eigenvalue weighted by molar-refractivity contribution is 7.98. The summed E-state index contributed by atoms with van der Waals surface area (Å²) in [7, 11) is 0. The molecule has 4 nitrogen and oxygen atoms in total. The Morgan fingerprint density at radius 3 is 2.72 bits per heavy atom. The second kappa shape index (κ2) is 5.84. The number of rotatable bonds is 4. The minimum atomic E-state index is 0.655. The Morgan fingerprint density at radius 1 is 1.22 bits per heavy atom. The smallest absolute Gasteiger partial charge is 0.143 e. The van der Waals surface area contributed by atoms with E-state index < -0.39 is 0 Å². The molecule has 0 bridgehead atoms. The van der Waals surface area contributed by atoms with Gasteiger partial charge in [0.05, 0.1) is 5.75 Å². The molecular weight excluding hydrogens is 244 g/mol. The summed E-state index contributed by atoms with van der Waals surface area (Å²) in [6.07, 6.45) is 0. The molecule has 1 aromatic carbocycles. The fraction of sp³-hybridized carbons (Fsp3) is 0.231. The Morgan fingerprint density at radius 2 is 2.00 bits per heavy atom. The zero-order valence-corrected chi connectivity index (χ0v) is 11.3. The van der Waals surface area contributed by atoms with Crippen molar-refractivity contribution in [3.63, 3.8) is 0 Å². The second-order valence-corrected chi connectivity index (χ2v) is 5.03. The number of nitrogens with two attached hydrogens (primary N) is 1. The number of aromatic nitrogens is 2. The summed E-state index contributed by atoms with van der Waals surface area (Å²) in [5, 5.41) is 0. The number of hydrazine groups is 1. The van der Waals surface area contributed by atoms with Crippen LogP contribution in [0.4, 0.5) is 5.82 Å². The molecule has 0 saturated carbocycles. The van der Waals surface area contributed by atoms with E-state index in [1.54, 1.807) is 11.8 Å². The predicted molar refractivity (Wildman–Crippen MR) is 75.3 cm³/mol. The zero-order valence-electron chi connectivity index (χ0n) is 10.5. The molecule has 0 aliphatic heterocycles. The minimum Gasteiger partial charge on any atom is -0.308 e. The number of nitrogens with one attached hydrogen (secondary N) is 1. The van der Waals surface area contributed by atoms with E-state index in [9.17, 15) is 0 Å². The number of hydrogen-bond donors (Lipinski definition) is 2. The second-order valence-electron chi connectivity index (χ2n) is 4.01. The Balaban J connectivity index is 2.11. The van der Waals surface area contributed by atoms with Gasteiger partial charge in [-0.25, -0.2) is 15.8 Å². The van der Waals surface area contributed by atoms with E-state index in [0.29, 0.717) is 5.82 Å². The van der Waals surface area contributed by atoms with Gasteiger partial charge in [0.2, 0.25) is 0 Å². The van der Waals surface area contributed by atoms with Gasteiger partial charge in [-0.1, -0.05) is 18.2 Å². The van der Waals surface area contributed by atoms with Crippen LogP contribution in [0.1, 0.15) is 17.1 Å². The summed E-state index contributed by atoms with van der Waals surface area (Å²) >= 11 is 1.73. The van der Waals surface area contributed by atoms with E-state index >= 15 is 0 Å². The van der Waals surface area contributed by atoms with Crippen molar-refractivity contribution in [2.24, 2.45) is 5.84 Å². The normalized spacial score (nSPS) is 10.4. The Labute approximate surface area is 111 Å². The zero-order chi connectivity index (χ0) is 13.0. The number of anilines is 1. The lowest BCUT2D eigenvalue weighted by atomic mass is 10.2. The van der Waals surface area contributed by atoms with Gasteiger partial charge in [-0.2, -0.15) is 0 Å². The first-order chi connectivity index (χ1) is 8.69. The van der Waals surface area contributed by atoms with Crippen molar-refractivity contribution >= 4 is 17.6 Å². The topological polar surface area (TPSA) is 63.8 Å². The molecule has 0 saturated heterocycles. The van der Waals surface area contributed by atoms with Crippen LogP contribution in [0.15, 0.2) is 35.2 Å². The highest BCUT2D eigenvalue weighted by Gasteiger charge is 2.04. The third kappa shape index (κ3) is 3.21. The van der Waals surface area contributed by atoms with E-state index in [2.05, 4.69) is 34.5 Å². The summed E-state index contributed by atoms with van der Waals surface area (Å²) in [6, 6.07) is 10.1. The largest absolute Gasteiger partial charge is 0.308 e. The highest BCUT2D eigenvalue weighted by Crippen LogP contribution is 2.24. The van der Waals surface area contributed by atoms with Gasteiger partial charge in [0.15, 0.2) is 0 Å². The van der Waals surface area contributed by atoms with Gasteiger partial charge in [-0.15, -0.1) is 11.8 Å². The van der Waals surface area contributed by atoms with Gasteiger partial charge in [-0.3, -0.25) is 0 Å². The molecule has 2 rings (SSSR count). The van der Waals surface area contributed by atoms with Crippen LogP contribution >= 0.6 is 11.8 Å². The van der Waals surface area contributed by atoms with Crippen molar-refractivity contribution in [3.8, 4) is 0 Å². The Kier molecular flexibility index (Phi) is 4.17. The molecule has 0 unspecified atom stereocenters. The number of hydrogen-bond acceptors (Lipinski definition) is 5. The van der Waals surface area contributed by atoms with Crippen LogP contribution in [-0.4, -0.2) is 9.97 Å². The van der Waals surface area contributed by atoms with Crippen molar-refractivity contribution in [2.45, 2.75) is 24.5 Å². The SMILES string of the molecule is Cc1cc(NN)nc(CSc2ccccc2C)n1. The van der Waals surface area contributed by atoms with E-state index in [1.807, 2.05) is 25.1 Å². The summed E-state index contributed by atoms with van der Waals surface area (Å²) in [5.41, 5.74) is 4.74. The maximum absolute atomic E-state index is 5.37. The number of nitrogens with zero attached hydrogens (tertiary/aromatic N) is 2. The van der Waals surface area contributed by atoms with E-state index in [1.165, 1.54) is 10.5 Å². The summed E-state index contributed by atoms with van der Waals surface area (Å²) in [5.74, 6) is 7.55. The average molecular weight is 260 g/mol. The van der Waals surface area contributed by atoms with Crippen LogP contribution in [0, 0.1) is 13.8 Å². The Bertz CT molecular complexity index is 542. The fourth-order valence-corrected chi connectivity index (χ4v) is 2.51. The first kappa shape index (κ1) is 12.9. The molecule has 5 heteroatoms. The average Bonchev–Trinajstić information content (AvgIpc) is 2.37. The molecule has 0 spiro atoms. The molecule has 0 aliphatic carbocycles. The van der Waals surface area contributed by atoms with Gasteiger partial charge in [0, 0.05) is 16.7 Å². The molecule has 18 heavy (non-hydrogen) atoms. The van der Waals surface area contributed by atoms with Crippen LogP contribution in [-0.2, 0) is 5.75 Å². The molecule has 3 N–H and O–H groups in total. The summed E-state index contributed by atoms with van der Waals surface area (Å²) in [4.78, 5) is 9.98. The van der Waals surface area contributed by atoms with Gasteiger partial charge in [0.1, 0.15) is 11.6 Å². The molecule has 94 valence electrons. The van der Waals surface area contributed by atoms with Crippen molar-refractivity contribution in [1.82, 2.24) is 9.97 Å². The molecule has 0 radical (unpaired) electrons. The van der Waals surface area contributed by atoms with Crippen LogP contribution in [0.5, 0.6) is 0 Å². The van der Waals surface area contributed by atoms with E-state index in [-0.39, 0.29) is 0 Å². The van der Waals surface area contributed by atoms with Crippen LogP contribution in [0.3, 0.4) is 0 Å². The fourth-order valence-electron chi connectivity index (χ4n) is 1.63. The monoisotopic (exact) mass is 260 g/mol. The van der Waals surface area contributed by atoms with Crippen molar-refractivity contribution in [2.75, 3.05) is 5.43 Å². The molecule has 0 atom stereocenters. The number of benzene rings is 1. The Hall–Kier alpha value is -1.59. The van der Waals surface area contributed by atoms with Crippen LogP contribution in [0.2, 0.25) is 0 Å². The summed E-state index contributed by atoms with van der Waals surface area (Å²) in [6.45, 7) is 4.04. The van der Waals surface area contributed by atoms with Gasteiger partial charge >= 0.3 is 0 Å². The third-order valence-electron chi connectivity index (χ3n) is 2.50. The third-order valence-corrected chi connectivity index (χ3v) is 3.67. The lowest BCUT2D eigenvalue weighted by Gasteiger charge is -2.06. The molecule has 1 aromatic heterocycles. The minimum absolute atomic E-state index is 0.655. The first-order valence-electron chi connectivity index (χ1n) is 5.68. The van der Waals surface area contributed by atoms with E-state index in [4.69, 9.17) is 5.84 Å².